The van der Waals surface area contributed by atoms with Crippen molar-refractivity contribution in [3.8, 4) is 0 Å². The molecule has 0 fully saturated rings. The second-order valence-electron chi connectivity index (χ2n) is 7.19. The van der Waals surface area contributed by atoms with Gasteiger partial charge in [0.1, 0.15) is 22.3 Å². The molecule has 0 saturated carbocycles. The predicted molar refractivity (Wildman–Crippen MR) is 114 cm³/mol. The molecule has 0 aliphatic carbocycles. The van der Waals surface area contributed by atoms with Crippen LogP contribution in [0.15, 0.2) is 45.8 Å². The molecule has 3 rings (SSSR count). The van der Waals surface area contributed by atoms with E-state index in [0.717, 1.165) is 23.4 Å². The van der Waals surface area contributed by atoms with Gasteiger partial charge in [-0.1, -0.05) is 5.16 Å². The van der Waals surface area contributed by atoms with E-state index in [4.69, 9.17) is 4.52 Å². The number of aromatic carboxylic acids is 1. The molecule has 0 radical (unpaired) electrons. The van der Waals surface area contributed by atoms with Crippen molar-refractivity contribution in [1.82, 2.24) is 5.16 Å². The largest absolute Gasteiger partial charge is 0.478 e. The Morgan fingerprint density at radius 3 is 2.53 bits per heavy atom. The molecule has 3 aromatic rings. The number of anilines is 2. The maximum Gasteiger partial charge on any atom is 0.335 e. The summed E-state index contributed by atoms with van der Waals surface area (Å²) in [5.41, 5.74) is 1.73. The number of aryl methyl sites for hydroxylation is 2. The molecule has 11 heteroatoms. The van der Waals surface area contributed by atoms with Gasteiger partial charge in [0.15, 0.2) is 0 Å². The second kappa shape index (κ2) is 8.95. The number of carboxylic acids is 1. The van der Waals surface area contributed by atoms with Gasteiger partial charge in [-0.15, -0.1) is 0 Å². The summed E-state index contributed by atoms with van der Waals surface area (Å²) in [4.78, 5) is 12.2. The Labute approximate surface area is 183 Å². The number of aromatic nitrogens is 1. The molecule has 0 saturated heterocycles. The molecular weight excluding hydrogens is 444 g/mol. The van der Waals surface area contributed by atoms with E-state index >= 15 is 0 Å². The number of carboxylic acid groups (broad SMARTS) is 1. The minimum Gasteiger partial charge on any atom is -0.478 e. The highest BCUT2D eigenvalue weighted by atomic mass is 32.2. The summed E-state index contributed by atoms with van der Waals surface area (Å²) >= 11 is 0. The van der Waals surface area contributed by atoms with E-state index in [1.165, 1.54) is 12.1 Å². The Bertz CT molecular complexity index is 1250. The van der Waals surface area contributed by atoms with Gasteiger partial charge >= 0.3 is 5.97 Å². The van der Waals surface area contributed by atoms with E-state index in [-0.39, 0.29) is 11.3 Å². The number of halogens is 2. The highest BCUT2D eigenvalue weighted by Crippen LogP contribution is 2.30. The number of carbonyl (C=O) groups is 1. The van der Waals surface area contributed by atoms with Crippen LogP contribution in [-0.2, 0) is 16.4 Å². The zero-order chi connectivity index (χ0) is 23.6. The van der Waals surface area contributed by atoms with E-state index in [2.05, 4.69) is 9.88 Å². The Morgan fingerprint density at radius 2 is 1.91 bits per heavy atom. The molecule has 0 aliphatic heterocycles. The van der Waals surface area contributed by atoms with Crippen LogP contribution in [0.5, 0.6) is 0 Å². The van der Waals surface area contributed by atoms with Crippen molar-refractivity contribution in [2.45, 2.75) is 25.2 Å². The highest BCUT2D eigenvalue weighted by Gasteiger charge is 2.23. The van der Waals surface area contributed by atoms with Gasteiger partial charge in [0.05, 0.1) is 22.6 Å². The van der Waals surface area contributed by atoms with Gasteiger partial charge in [0.2, 0.25) is 0 Å². The fourth-order valence-corrected chi connectivity index (χ4v) is 4.38. The number of hydrogen-bond acceptors (Lipinski definition) is 6. The van der Waals surface area contributed by atoms with E-state index < -0.39 is 32.5 Å². The van der Waals surface area contributed by atoms with Crippen molar-refractivity contribution >= 4 is 27.4 Å². The van der Waals surface area contributed by atoms with Crippen LogP contribution in [-0.4, -0.2) is 38.2 Å². The van der Waals surface area contributed by atoms with E-state index in [1.54, 1.807) is 25.8 Å². The minimum atomic E-state index is -4.55. The van der Waals surface area contributed by atoms with Crippen molar-refractivity contribution in [3.05, 3.63) is 70.6 Å². The number of sulfonamides is 1. The van der Waals surface area contributed by atoms with E-state index in [1.807, 2.05) is 0 Å². The summed E-state index contributed by atoms with van der Waals surface area (Å²) in [5, 5.41) is 13.2. The SMILES string of the molecule is Cc1noc(C)c1CCN(C)c1ccc(C(=O)O)cc1NS(=O)(=O)c1cc(F)ccc1F. The molecule has 170 valence electrons. The molecule has 0 amide bonds. The summed E-state index contributed by atoms with van der Waals surface area (Å²) in [6, 6.07) is 5.95. The van der Waals surface area contributed by atoms with Crippen LogP contribution in [0.25, 0.3) is 0 Å². The fraction of sp³-hybridized carbons (Fsp3) is 0.238. The number of benzene rings is 2. The zero-order valence-electron chi connectivity index (χ0n) is 17.5. The Morgan fingerprint density at radius 1 is 1.19 bits per heavy atom. The van der Waals surface area contributed by atoms with Crippen molar-refractivity contribution in [2.75, 3.05) is 23.2 Å². The lowest BCUT2D eigenvalue weighted by Crippen LogP contribution is -2.24. The van der Waals surface area contributed by atoms with Crippen LogP contribution >= 0.6 is 0 Å². The molecule has 8 nitrogen and oxygen atoms in total. The smallest absolute Gasteiger partial charge is 0.335 e. The fourth-order valence-electron chi connectivity index (χ4n) is 3.23. The van der Waals surface area contributed by atoms with Gasteiger partial charge in [-0.05, 0) is 56.7 Å². The monoisotopic (exact) mass is 465 g/mol. The topological polar surface area (TPSA) is 113 Å². The van der Waals surface area contributed by atoms with Crippen LogP contribution in [0.3, 0.4) is 0 Å². The minimum absolute atomic E-state index is 0.0881. The van der Waals surface area contributed by atoms with Crippen molar-refractivity contribution in [2.24, 2.45) is 0 Å². The summed E-state index contributed by atoms with van der Waals surface area (Å²) in [5.74, 6) is -2.67. The first-order chi connectivity index (χ1) is 15.0. The van der Waals surface area contributed by atoms with Gasteiger partial charge in [-0.2, -0.15) is 0 Å². The Kier molecular flexibility index (Phi) is 6.49. The molecule has 2 N–H and O–H groups in total. The number of nitrogens with zero attached hydrogens (tertiary/aromatic N) is 2. The van der Waals surface area contributed by atoms with Crippen LogP contribution in [0, 0.1) is 25.5 Å². The molecule has 0 atom stereocenters. The summed E-state index contributed by atoms with van der Waals surface area (Å²) in [6.45, 7) is 4.00. The third kappa shape index (κ3) is 4.88. The van der Waals surface area contributed by atoms with E-state index in [9.17, 15) is 27.1 Å². The maximum absolute atomic E-state index is 14.1. The molecule has 0 bridgehead atoms. The zero-order valence-corrected chi connectivity index (χ0v) is 18.3. The van der Waals surface area contributed by atoms with Gasteiger partial charge in [-0.25, -0.2) is 22.0 Å². The third-order valence-electron chi connectivity index (χ3n) is 4.96. The molecule has 0 aliphatic rings. The average Bonchev–Trinajstić information content (AvgIpc) is 3.05. The summed E-state index contributed by atoms with van der Waals surface area (Å²) in [7, 11) is -2.86. The first kappa shape index (κ1) is 23.2. The number of hydrogen-bond donors (Lipinski definition) is 2. The lowest BCUT2D eigenvalue weighted by Gasteiger charge is -2.23. The molecule has 2 aromatic carbocycles. The first-order valence-electron chi connectivity index (χ1n) is 9.47. The van der Waals surface area contributed by atoms with Crippen molar-refractivity contribution in [3.63, 3.8) is 0 Å². The van der Waals surface area contributed by atoms with Gasteiger partial charge in [0.25, 0.3) is 10.0 Å². The standard InChI is InChI=1S/C21H21F2N3O5S/c1-12-16(13(2)31-24-12)8-9-26(3)19-7-4-14(21(27)28)10-18(19)25-32(29,30)20-11-15(22)5-6-17(20)23/h4-7,10-11,25H,8-9H2,1-3H3,(H,27,28). The summed E-state index contributed by atoms with van der Waals surface area (Å²) in [6.07, 6.45) is 0.531. The molecular formula is C21H21F2N3O5S. The van der Waals surface area contributed by atoms with Crippen LogP contribution in [0.1, 0.15) is 27.4 Å². The number of rotatable bonds is 8. The molecule has 0 unspecified atom stereocenters. The molecule has 0 spiro atoms. The molecule has 1 aromatic heterocycles. The Balaban J connectivity index is 1.96. The van der Waals surface area contributed by atoms with Gasteiger partial charge in [-0.3, -0.25) is 4.72 Å². The average molecular weight is 465 g/mol. The van der Waals surface area contributed by atoms with Crippen LogP contribution in [0.4, 0.5) is 20.2 Å². The van der Waals surface area contributed by atoms with Gasteiger partial charge < -0.3 is 14.5 Å². The Hall–Kier alpha value is -3.47. The molecule has 1 heterocycles. The summed E-state index contributed by atoms with van der Waals surface area (Å²) < 4.78 is 60.5. The third-order valence-corrected chi connectivity index (χ3v) is 6.34. The lowest BCUT2D eigenvalue weighted by molar-refractivity contribution is 0.0697. The van der Waals surface area contributed by atoms with Crippen molar-refractivity contribution in [1.29, 1.82) is 0 Å². The van der Waals surface area contributed by atoms with Crippen molar-refractivity contribution < 1.29 is 31.6 Å². The normalized spacial score (nSPS) is 11.4. The predicted octanol–water partition coefficient (Wildman–Crippen LogP) is 3.75. The van der Waals surface area contributed by atoms with Crippen LogP contribution in [0.2, 0.25) is 0 Å². The quantitative estimate of drug-likeness (QED) is 0.521. The second-order valence-corrected chi connectivity index (χ2v) is 8.84. The molecule has 32 heavy (non-hydrogen) atoms. The number of nitrogens with one attached hydrogen (secondary N) is 1. The van der Waals surface area contributed by atoms with E-state index in [0.29, 0.717) is 36.5 Å². The highest BCUT2D eigenvalue weighted by molar-refractivity contribution is 7.92. The maximum atomic E-state index is 14.1. The lowest BCUT2D eigenvalue weighted by atomic mass is 10.1. The first-order valence-corrected chi connectivity index (χ1v) is 11.0. The number of likely N-dealkylation sites (N-methyl/N-ethyl adjacent to an activating group) is 1. The van der Waals surface area contributed by atoms with Crippen LogP contribution < -0.4 is 9.62 Å². The van der Waals surface area contributed by atoms with Gasteiger partial charge in [0, 0.05) is 19.2 Å².